The van der Waals surface area contributed by atoms with Crippen molar-refractivity contribution in [3.05, 3.63) is 0 Å². The van der Waals surface area contributed by atoms with E-state index < -0.39 is 0 Å². The third-order valence-electron chi connectivity index (χ3n) is 4.11. The molecular formula is C17H36N4O4. The molecule has 0 fully saturated rings. The summed E-state index contributed by atoms with van der Waals surface area (Å²) in [4.78, 5) is 29.3. The minimum atomic E-state index is -0.237. The summed E-state index contributed by atoms with van der Waals surface area (Å²) in [6.07, 6.45) is 1.73. The van der Waals surface area contributed by atoms with Crippen LogP contribution in [0.2, 0.25) is 0 Å². The second-order valence-corrected chi connectivity index (χ2v) is 6.24. The maximum absolute atomic E-state index is 11.3. The van der Waals surface area contributed by atoms with Gasteiger partial charge in [0.15, 0.2) is 0 Å². The number of methoxy groups -OCH3 is 2. The molecule has 0 spiro atoms. The monoisotopic (exact) mass is 360 g/mol. The molecule has 0 heterocycles. The van der Waals surface area contributed by atoms with E-state index in [0.717, 1.165) is 39.1 Å². The van der Waals surface area contributed by atoms with Gasteiger partial charge in [0.2, 0.25) is 0 Å². The van der Waals surface area contributed by atoms with Gasteiger partial charge in [-0.15, -0.1) is 0 Å². The molecule has 0 aliphatic rings. The number of nitrogens with two attached hydrogens (primary N) is 1. The van der Waals surface area contributed by atoms with Crippen LogP contribution in [0.25, 0.3) is 0 Å². The van der Waals surface area contributed by atoms with Crippen molar-refractivity contribution in [2.24, 2.45) is 5.73 Å². The zero-order chi connectivity index (χ0) is 19.1. The van der Waals surface area contributed by atoms with Gasteiger partial charge in [0.1, 0.15) is 0 Å². The third kappa shape index (κ3) is 13.7. The van der Waals surface area contributed by atoms with E-state index in [0.29, 0.717) is 32.5 Å². The number of carbonyl (C=O) groups is 2. The van der Waals surface area contributed by atoms with E-state index in [1.54, 1.807) is 0 Å². The van der Waals surface area contributed by atoms with Gasteiger partial charge in [-0.1, -0.05) is 0 Å². The first kappa shape index (κ1) is 23.8. The van der Waals surface area contributed by atoms with E-state index in [1.165, 1.54) is 14.2 Å². The van der Waals surface area contributed by atoms with Crippen molar-refractivity contribution < 1.29 is 19.1 Å². The van der Waals surface area contributed by atoms with E-state index in [-0.39, 0.29) is 11.9 Å². The number of hydrogen-bond donors (Lipinski definition) is 1. The van der Waals surface area contributed by atoms with Crippen molar-refractivity contribution in [1.29, 1.82) is 0 Å². The summed E-state index contributed by atoms with van der Waals surface area (Å²) in [5, 5.41) is 0. The molecule has 0 aromatic rings. The van der Waals surface area contributed by atoms with Crippen LogP contribution in [0.3, 0.4) is 0 Å². The standard InChI is InChI=1S/C17H36N4O4/c1-19(13-8-18)9-5-10-20(2)14-15-21(11-6-16(22)24-3)12-7-17(23)25-4/h5-15,18H2,1-4H3. The Labute approximate surface area is 152 Å². The van der Waals surface area contributed by atoms with Gasteiger partial charge >= 0.3 is 11.9 Å². The molecule has 0 aliphatic heterocycles. The zero-order valence-corrected chi connectivity index (χ0v) is 16.3. The second-order valence-electron chi connectivity index (χ2n) is 6.24. The van der Waals surface area contributed by atoms with Crippen LogP contribution in [0.1, 0.15) is 19.3 Å². The van der Waals surface area contributed by atoms with Crippen LogP contribution >= 0.6 is 0 Å². The summed E-state index contributed by atoms with van der Waals surface area (Å²) in [5.74, 6) is -0.473. The maximum Gasteiger partial charge on any atom is 0.306 e. The van der Waals surface area contributed by atoms with Crippen molar-refractivity contribution in [3.8, 4) is 0 Å². The maximum atomic E-state index is 11.3. The highest BCUT2D eigenvalue weighted by molar-refractivity contribution is 5.70. The molecule has 0 aromatic heterocycles. The molecule has 0 bridgehead atoms. The number of likely N-dealkylation sites (N-methyl/N-ethyl adjacent to an activating group) is 2. The van der Waals surface area contributed by atoms with Crippen molar-refractivity contribution >= 4 is 11.9 Å². The quantitative estimate of drug-likeness (QED) is 0.396. The fourth-order valence-corrected chi connectivity index (χ4v) is 2.41. The van der Waals surface area contributed by atoms with Gasteiger partial charge < -0.3 is 29.9 Å². The molecule has 0 aromatic carbocycles. The van der Waals surface area contributed by atoms with Gasteiger partial charge in [-0.05, 0) is 33.6 Å². The number of hydrogen-bond acceptors (Lipinski definition) is 8. The molecule has 0 radical (unpaired) electrons. The molecule has 0 atom stereocenters. The second kappa shape index (κ2) is 15.1. The first-order valence-electron chi connectivity index (χ1n) is 8.86. The number of carbonyl (C=O) groups excluding carboxylic acids is 2. The van der Waals surface area contributed by atoms with Crippen molar-refractivity contribution in [3.63, 3.8) is 0 Å². The Balaban J connectivity index is 4.15. The van der Waals surface area contributed by atoms with Crippen LogP contribution in [-0.2, 0) is 19.1 Å². The first-order valence-corrected chi connectivity index (χ1v) is 8.86. The minimum absolute atomic E-state index is 0.237. The molecule has 0 saturated heterocycles. The van der Waals surface area contributed by atoms with E-state index in [9.17, 15) is 9.59 Å². The summed E-state index contributed by atoms with van der Waals surface area (Å²) in [5.41, 5.74) is 5.54. The Bertz CT molecular complexity index is 349. The molecule has 8 nitrogen and oxygen atoms in total. The van der Waals surface area contributed by atoms with Crippen LogP contribution < -0.4 is 5.73 Å². The predicted molar refractivity (Wildman–Crippen MR) is 98.4 cm³/mol. The smallest absolute Gasteiger partial charge is 0.306 e. The number of ether oxygens (including phenoxy) is 2. The molecule has 0 saturated carbocycles. The largest absolute Gasteiger partial charge is 0.469 e. The molecule has 0 rings (SSSR count). The van der Waals surface area contributed by atoms with E-state index >= 15 is 0 Å². The molecule has 0 aliphatic carbocycles. The van der Waals surface area contributed by atoms with Crippen LogP contribution in [0.4, 0.5) is 0 Å². The molecular weight excluding hydrogens is 324 g/mol. The molecule has 0 unspecified atom stereocenters. The van der Waals surface area contributed by atoms with Crippen molar-refractivity contribution in [1.82, 2.24) is 14.7 Å². The van der Waals surface area contributed by atoms with Crippen LogP contribution in [-0.4, -0.2) is 107 Å². The lowest BCUT2D eigenvalue weighted by Gasteiger charge is -2.25. The van der Waals surface area contributed by atoms with Gasteiger partial charge in [-0.25, -0.2) is 0 Å². The summed E-state index contributed by atoms with van der Waals surface area (Å²) in [7, 11) is 6.93. The third-order valence-corrected chi connectivity index (χ3v) is 4.11. The van der Waals surface area contributed by atoms with Gasteiger partial charge in [-0.2, -0.15) is 0 Å². The average molecular weight is 360 g/mol. The van der Waals surface area contributed by atoms with E-state index in [4.69, 9.17) is 5.73 Å². The van der Waals surface area contributed by atoms with Crippen LogP contribution in [0.15, 0.2) is 0 Å². The average Bonchev–Trinajstić information content (AvgIpc) is 2.60. The summed E-state index contributed by atoms with van der Waals surface area (Å²) >= 11 is 0. The normalized spacial score (nSPS) is 11.4. The molecule has 8 heteroatoms. The predicted octanol–water partition coefficient (Wildman–Crippen LogP) is -0.373. The molecule has 0 amide bonds. The van der Waals surface area contributed by atoms with E-state index in [1.807, 2.05) is 0 Å². The Morgan fingerprint density at radius 2 is 1.24 bits per heavy atom. The topological polar surface area (TPSA) is 88.3 Å². The Hall–Kier alpha value is -1.22. The highest BCUT2D eigenvalue weighted by atomic mass is 16.5. The van der Waals surface area contributed by atoms with Crippen LogP contribution in [0, 0.1) is 0 Å². The highest BCUT2D eigenvalue weighted by Gasteiger charge is 2.12. The number of esters is 2. The lowest BCUT2D eigenvalue weighted by molar-refractivity contribution is -0.141. The SMILES string of the molecule is COC(=O)CCN(CCC(=O)OC)CCN(C)CCCN(C)CCN. The Morgan fingerprint density at radius 3 is 1.68 bits per heavy atom. The fourth-order valence-electron chi connectivity index (χ4n) is 2.41. The Kier molecular flexibility index (Phi) is 14.3. The van der Waals surface area contributed by atoms with Gasteiger partial charge in [0.05, 0.1) is 27.1 Å². The van der Waals surface area contributed by atoms with Gasteiger partial charge in [-0.3, -0.25) is 9.59 Å². The summed E-state index contributed by atoms with van der Waals surface area (Å²) < 4.78 is 9.37. The Morgan fingerprint density at radius 1 is 0.760 bits per heavy atom. The zero-order valence-electron chi connectivity index (χ0n) is 16.3. The summed E-state index contributed by atoms with van der Waals surface area (Å²) in [6.45, 7) is 6.45. The molecule has 2 N–H and O–H groups in total. The summed E-state index contributed by atoms with van der Waals surface area (Å²) in [6, 6.07) is 0. The number of nitrogens with zero attached hydrogens (tertiary/aromatic N) is 3. The number of rotatable bonds is 15. The lowest BCUT2D eigenvalue weighted by Crippen LogP contribution is -2.37. The van der Waals surface area contributed by atoms with Gasteiger partial charge in [0, 0.05) is 39.3 Å². The lowest BCUT2D eigenvalue weighted by atomic mass is 10.3. The molecule has 25 heavy (non-hydrogen) atoms. The fraction of sp³-hybridized carbons (Fsp3) is 0.882. The highest BCUT2D eigenvalue weighted by Crippen LogP contribution is 1.99. The first-order chi connectivity index (χ1) is 11.9. The van der Waals surface area contributed by atoms with Crippen LogP contribution in [0.5, 0.6) is 0 Å². The van der Waals surface area contributed by atoms with Crippen molar-refractivity contribution in [2.75, 3.05) is 80.7 Å². The molecule has 148 valence electrons. The van der Waals surface area contributed by atoms with Crippen molar-refractivity contribution in [2.45, 2.75) is 19.3 Å². The minimum Gasteiger partial charge on any atom is -0.469 e. The van der Waals surface area contributed by atoms with E-state index in [2.05, 4.69) is 38.3 Å². The van der Waals surface area contributed by atoms with Gasteiger partial charge in [0.25, 0.3) is 0 Å².